The van der Waals surface area contributed by atoms with Crippen molar-refractivity contribution < 1.29 is 19.2 Å². The maximum absolute atomic E-state index is 13.2. The number of aryl methyl sites for hydroxylation is 2. The lowest BCUT2D eigenvalue weighted by Crippen LogP contribution is -2.32. The lowest BCUT2D eigenvalue weighted by Gasteiger charge is -2.42. The second-order valence-corrected chi connectivity index (χ2v) is 9.95. The summed E-state index contributed by atoms with van der Waals surface area (Å²) in [5.41, 5.74) is 9.40. The first-order valence-electron chi connectivity index (χ1n) is 12.0. The van der Waals surface area contributed by atoms with Gasteiger partial charge in [0.05, 0.1) is 0 Å². The monoisotopic (exact) mass is 446 g/mol. The van der Waals surface area contributed by atoms with Crippen molar-refractivity contribution in [1.29, 1.82) is 0 Å². The molecule has 0 saturated heterocycles. The lowest BCUT2D eigenvalue weighted by atomic mass is 9.61. The average molecular weight is 447 g/mol. The van der Waals surface area contributed by atoms with Gasteiger partial charge in [0.25, 0.3) is 0 Å². The third-order valence-corrected chi connectivity index (χ3v) is 8.42. The maximum Gasteiger partial charge on any atom is 0.183 e. The Labute approximate surface area is 197 Å². The van der Waals surface area contributed by atoms with Gasteiger partial charge in [0.1, 0.15) is 0 Å². The summed E-state index contributed by atoms with van der Waals surface area (Å²) < 4.78 is 0. The van der Waals surface area contributed by atoms with Crippen LogP contribution in [0.15, 0.2) is 82.0 Å². The molecule has 0 radical (unpaired) electrons. The Morgan fingerprint density at radius 2 is 0.941 bits per heavy atom. The molecule has 166 valence electrons. The van der Waals surface area contributed by atoms with Crippen molar-refractivity contribution >= 4 is 23.1 Å². The minimum absolute atomic E-state index is 0.0803. The van der Waals surface area contributed by atoms with Gasteiger partial charge >= 0.3 is 0 Å². The zero-order valence-electron chi connectivity index (χ0n) is 18.6. The van der Waals surface area contributed by atoms with Crippen molar-refractivity contribution in [2.75, 3.05) is 0 Å². The molecule has 0 aliphatic heterocycles. The topological polar surface area (TPSA) is 68.3 Å². The summed E-state index contributed by atoms with van der Waals surface area (Å²) in [6.07, 6.45) is 14.3. The summed E-state index contributed by atoms with van der Waals surface area (Å²) in [5, 5.41) is 0. The number of rotatable bonds is 0. The van der Waals surface area contributed by atoms with Gasteiger partial charge in [-0.15, -0.1) is 0 Å². The molecule has 0 heterocycles. The summed E-state index contributed by atoms with van der Waals surface area (Å²) in [6, 6.07) is 4.34. The normalized spacial score (nSPS) is 26.8. The third kappa shape index (κ3) is 2.54. The van der Waals surface area contributed by atoms with Crippen LogP contribution in [-0.2, 0) is 32.0 Å². The van der Waals surface area contributed by atoms with E-state index in [1.165, 1.54) is 46.6 Å². The van der Waals surface area contributed by atoms with Crippen LogP contribution in [-0.4, -0.2) is 23.1 Å². The Hall–Kier alpha value is -3.66. The van der Waals surface area contributed by atoms with E-state index in [0.717, 1.165) is 36.8 Å². The smallest absolute Gasteiger partial charge is 0.183 e. The molecule has 6 aliphatic carbocycles. The molecule has 1 aromatic carbocycles. The van der Waals surface area contributed by atoms with Crippen LogP contribution in [0.25, 0.3) is 0 Å². The first kappa shape index (κ1) is 19.8. The van der Waals surface area contributed by atoms with Crippen molar-refractivity contribution in [2.45, 2.75) is 50.4 Å². The predicted octanol–water partition coefficient (Wildman–Crippen LogP) is 4.42. The second-order valence-electron chi connectivity index (χ2n) is 9.95. The first-order valence-corrected chi connectivity index (χ1v) is 12.0. The molecular formula is C30H22O4. The molecule has 4 nitrogen and oxygen atoms in total. The van der Waals surface area contributed by atoms with Crippen LogP contribution in [0.2, 0.25) is 0 Å². The van der Waals surface area contributed by atoms with Gasteiger partial charge in [-0.3, -0.25) is 19.2 Å². The number of carbonyl (C=O) groups is 4. The average Bonchev–Trinajstić information content (AvgIpc) is 2.86. The lowest BCUT2D eigenvalue weighted by molar-refractivity contribution is -0.115. The highest BCUT2D eigenvalue weighted by molar-refractivity contribution is 6.22. The van der Waals surface area contributed by atoms with Crippen molar-refractivity contribution in [1.82, 2.24) is 0 Å². The third-order valence-electron chi connectivity index (χ3n) is 8.42. The van der Waals surface area contributed by atoms with Gasteiger partial charge in [-0.05, 0) is 85.1 Å². The fourth-order valence-electron chi connectivity index (χ4n) is 6.93. The number of fused-ring (bicyclic) bond motifs is 9. The molecule has 0 spiro atoms. The molecule has 2 atom stereocenters. The highest BCUT2D eigenvalue weighted by Gasteiger charge is 2.44. The molecule has 0 amide bonds. The van der Waals surface area contributed by atoms with Gasteiger partial charge < -0.3 is 0 Å². The molecule has 7 rings (SSSR count). The van der Waals surface area contributed by atoms with Gasteiger partial charge in [-0.25, -0.2) is 0 Å². The Balaban J connectivity index is 1.51. The van der Waals surface area contributed by atoms with Gasteiger partial charge in [0.15, 0.2) is 23.1 Å². The van der Waals surface area contributed by atoms with E-state index >= 15 is 0 Å². The molecule has 0 aromatic heterocycles. The van der Waals surface area contributed by atoms with E-state index in [1.807, 2.05) is 0 Å². The fourth-order valence-corrected chi connectivity index (χ4v) is 6.93. The highest BCUT2D eigenvalue weighted by Crippen LogP contribution is 2.54. The molecule has 0 bridgehead atoms. The van der Waals surface area contributed by atoms with Crippen LogP contribution in [0, 0.1) is 0 Å². The molecular weight excluding hydrogens is 424 g/mol. The first-order chi connectivity index (χ1) is 16.5. The summed E-state index contributed by atoms with van der Waals surface area (Å²) in [6.45, 7) is 0. The summed E-state index contributed by atoms with van der Waals surface area (Å²) >= 11 is 0. The van der Waals surface area contributed by atoms with Crippen molar-refractivity contribution in [2.24, 2.45) is 0 Å². The van der Waals surface area contributed by atoms with E-state index in [9.17, 15) is 19.2 Å². The molecule has 2 unspecified atom stereocenters. The van der Waals surface area contributed by atoms with Gasteiger partial charge in [-0.1, -0.05) is 35.4 Å². The van der Waals surface area contributed by atoms with Gasteiger partial charge in [-0.2, -0.15) is 0 Å². The van der Waals surface area contributed by atoms with Gasteiger partial charge in [0, 0.05) is 34.1 Å². The summed E-state index contributed by atoms with van der Waals surface area (Å²) in [7, 11) is 0. The molecule has 0 saturated carbocycles. The largest absolute Gasteiger partial charge is 0.290 e. The molecule has 4 heteroatoms. The molecule has 1 aromatic rings. The fraction of sp³-hybridized carbons (Fsp3) is 0.267. The number of benzene rings is 1. The van der Waals surface area contributed by atoms with E-state index in [4.69, 9.17) is 0 Å². The van der Waals surface area contributed by atoms with Crippen LogP contribution in [0.5, 0.6) is 0 Å². The quantitative estimate of drug-likeness (QED) is 0.437. The Morgan fingerprint density at radius 1 is 0.529 bits per heavy atom. The predicted molar refractivity (Wildman–Crippen MR) is 126 cm³/mol. The number of hydrogen-bond donors (Lipinski definition) is 0. The molecule has 0 fully saturated rings. The maximum atomic E-state index is 13.2. The molecule has 0 N–H and O–H groups in total. The van der Waals surface area contributed by atoms with Crippen LogP contribution in [0.3, 0.4) is 0 Å². The summed E-state index contributed by atoms with van der Waals surface area (Å²) in [4.78, 5) is 51.7. The van der Waals surface area contributed by atoms with E-state index in [2.05, 4.69) is 24.3 Å². The van der Waals surface area contributed by atoms with E-state index in [-0.39, 0.29) is 35.0 Å². The zero-order chi connectivity index (χ0) is 23.1. The Morgan fingerprint density at radius 3 is 1.38 bits per heavy atom. The van der Waals surface area contributed by atoms with E-state index in [1.54, 1.807) is 0 Å². The van der Waals surface area contributed by atoms with Crippen LogP contribution in [0.1, 0.15) is 59.8 Å². The SMILES string of the molecule is O=C1C=CC(=O)C2=C1CC=C1CCc3ccc4c(c3C12)C1C(=CCC2=C1C(=O)C=CC2=O)CC4. The van der Waals surface area contributed by atoms with Crippen molar-refractivity contribution in [3.63, 3.8) is 0 Å². The van der Waals surface area contributed by atoms with Gasteiger partial charge in [0.2, 0.25) is 0 Å². The van der Waals surface area contributed by atoms with Crippen LogP contribution < -0.4 is 0 Å². The number of ketones is 4. The zero-order valence-corrected chi connectivity index (χ0v) is 18.6. The summed E-state index contributed by atoms with van der Waals surface area (Å²) in [5.74, 6) is -0.833. The minimum Gasteiger partial charge on any atom is -0.290 e. The molecule has 34 heavy (non-hydrogen) atoms. The van der Waals surface area contributed by atoms with Crippen molar-refractivity contribution in [3.8, 4) is 0 Å². The Bertz CT molecular complexity index is 1360. The van der Waals surface area contributed by atoms with Crippen LogP contribution >= 0.6 is 0 Å². The highest BCUT2D eigenvalue weighted by atomic mass is 16.1. The Kier molecular flexibility index (Phi) is 4.03. The van der Waals surface area contributed by atoms with Crippen LogP contribution in [0.4, 0.5) is 0 Å². The standard InChI is InChI=1S/C30H22O4/c31-21-11-13-23(33)29-19(21)9-7-17-5-3-15-1-2-16-4-6-18-8-10-20-22(32)12-14-24(34)30(20)28(18)26(16)25(15)27(17)29/h1-2,7-8,11-14,27-28H,3-6,9-10H2. The van der Waals surface area contributed by atoms with E-state index < -0.39 is 0 Å². The van der Waals surface area contributed by atoms with E-state index in [0.29, 0.717) is 35.1 Å². The number of carbonyl (C=O) groups excluding carboxylic acids is 4. The number of hydrogen-bond acceptors (Lipinski definition) is 4. The van der Waals surface area contributed by atoms with Crippen molar-refractivity contribution in [3.05, 3.63) is 104 Å². The minimum atomic E-state index is -0.251. The number of allylic oxidation sites excluding steroid dienone is 12. The second kappa shape index (κ2) is 6.92. The molecule has 6 aliphatic rings.